The summed E-state index contributed by atoms with van der Waals surface area (Å²) in [5, 5.41) is 9.60. The highest BCUT2D eigenvalue weighted by Crippen LogP contribution is 2.23. The summed E-state index contributed by atoms with van der Waals surface area (Å²) in [7, 11) is 0. The molecule has 0 bridgehead atoms. The molecule has 0 aromatic heterocycles. The fourth-order valence-electron chi connectivity index (χ4n) is 1.09. The summed E-state index contributed by atoms with van der Waals surface area (Å²) in [4.78, 5) is 0. The van der Waals surface area contributed by atoms with E-state index in [0.29, 0.717) is 22.9 Å². The van der Waals surface area contributed by atoms with E-state index in [4.69, 9.17) is 21.4 Å². The monoisotopic (exact) mass is 232 g/mol. The zero-order valence-electron chi connectivity index (χ0n) is 8.54. The molecule has 0 saturated carbocycles. The SMILES string of the molecule is C[C@@H](CF)COc1ccc(Cl)cc1CO. The van der Waals surface area contributed by atoms with E-state index in [1.807, 2.05) is 0 Å². The van der Waals surface area contributed by atoms with Crippen LogP contribution in [0.5, 0.6) is 5.75 Å². The van der Waals surface area contributed by atoms with E-state index in [0.717, 1.165) is 0 Å². The molecule has 0 heterocycles. The van der Waals surface area contributed by atoms with Gasteiger partial charge in [-0.1, -0.05) is 18.5 Å². The third kappa shape index (κ3) is 3.68. The Labute approximate surface area is 93.6 Å². The van der Waals surface area contributed by atoms with E-state index in [-0.39, 0.29) is 12.5 Å². The first-order valence-corrected chi connectivity index (χ1v) is 5.13. The standard InChI is InChI=1S/C11H14ClFO2/c1-8(5-13)7-15-11-3-2-10(12)4-9(11)6-14/h2-4,8,14H,5-7H2,1H3/t8-/m0/s1. The molecule has 1 atom stereocenters. The second-order valence-corrected chi connectivity index (χ2v) is 3.92. The van der Waals surface area contributed by atoms with Crippen molar-refractivity contribution < 1.29 is 14.2 Å². The molecule has 2 nitrogen and oxygen atoms in total. The van der Waals surface area contributed by atoms with E-state index < -0.39 is 6.67 Å². The third-order valence-electron chi connectivity index (χ3n) is 1.98. The topological polar surface area (TPSA) is 29.5 Å². The van der Waals surface area contributed by atoms with Crippen LogP contribution in [-0.4, -0.2) is 18.4 Å². The highest BCUT2D eigenvalue weighted by atomic mass is 35.5. The molecule has 0 aliphatic heterocycles. The van der Waals surface area contributed by atoms with Crippen molar-refractivity contribution in [3.8, 4) is 5.75 Å². The molecule has 1 aromatic rings. The van der Waals surface area contributed by atoms with Crippen molar-refractivity contribution in [1.29, 1.82) is 0 Å². The summed E-state index contributed by atoms with van der Waals surface area (Å²) in [5.74, 6) is 0.412. The van der Waals surface area contributed by atoms with Crippen LogP contribution < -0.4 is 4.74 Å². The van der Waals surface area contributed by atoms with Crippen LogP contribution in [-0.2, 0) is 6.61 Å². The molecule has 0 aliphatic rings. The molecule has 0 unspecified atom stereocenters. The van der Waals surface area contributed by atoms with Crippen molar-refractivity contribution >= 4 is 11.6 Å². The van der Waals surface area contributed by atoms with Crippen LogP contribution in [0.2, 0.25) is 5.02 Å². The summed E-state index contributed by atoms with van der Waals surface area (Å²) < 4.78 is 17.6. The number of ether oxygens (including phenoxy) is 1. The molecule has 1 N–H and O–H groups in total. The summed E-state index contributed by atoms with van der Waals surface area (Å²) in [6.07, 6.45) is 0. The molecule has 0 aliphatic carbocycles. The average Bonchev–Trinajstić information content (AvgIpc) is 2.26. The van der Waals surface area contributed by atoms with Gasteiger partial charge in [-0.05, 0) is 18.2 Å². The Balaban J connectivity index is 2.67. The van der Waals surface area contributed by atoms with Crippen LogP contribution in [0.1, 0.15) is 12.5 Å². The van der Waals surface area contributed by atoms with Crippen molar-refractivity contribution in [2.45, 2.75) is 13.5 Å². The average molecular weight is 233 g/mol. The first-order valence-electron chi connectivity index (χ1n) is 4.75. The molecule has 84 valence electrons. The molecule has 15 heavy (non-hydrogen) atoms. The number of hydrogen-bond donors (Lipinski definition) is 1. The fraction of sp³-hybridized carbons (Fsp3) is 0.455. The Morgan fingerprint density at radius 3 is 2.87 bits per heavy atom. The van der Waals surface area contributed by atoms with Crippen LogP contribution in [0.25, 0.3) is 0 Å². The minimum absolute atomic E-state index is 0.139. The van der Waals surface area contributed by atoms with Gasteiger partial charge in [0.15, 0.2) is 0 Å². The Kier molecular flexibility index (Phi) is 4.85. The highest BCUT2D eigenvalue weighted by Gasteiger charge is 2.06. The van der Waals surface area contributed by atoms with Crippen LogP contribution >= 0.6 is 11.6 Å². The lowest BCUT2D eigenvalue weighted by molar-refractivity contribution is 0.218. The largest absolute Gasteiger partial charge is 0.493 e. The lowest BCUT2D eigenvalue weighted by Gasteiger charge is -2.12. The van der Waals surface area contributed by atoms with E-state index >= 15 is 0 Å². The minimum Gasteiger partial charge on any atom is -0.493 e. The maximum absolute atomic E-state index is 12.2. The Hall–Kier alpha value is -0.800. The van der Waals surface area contributed by atoms with Gasteiger partial charge < -0.3 is 9.84 Å². The van der Waals surface area contributed by atoms with E-state index in [1.54, 1.807) is 25.1 Å². The molecular formula is C11H14ClFO2. The minimum atomic E-state index is -0.415. The lowest BCUT2D eigenvalue weighted by Crippen LogP contribution is -2.11. The Morgan fingerprint density at radius 2 is 2.27 bits per heavy atom. The van der Waals surface area contributed by atoms with Crippen molar-refractivity contribution in [2.75, 3.05) is 13.3 Å². The molecule has 0 saturated heterocycles. The third-order valence-corrected chi connectivity index (χ3v) is 2.21. The predicted octanol–water partition coefficient (Wildman–Crippen LogP) is 2.82. The van der Waals surface area contributed by atoms with Crippen LogP contribution in [0.15, 0.2) is 18.2 Å². The molecule has 4 heteroatoms. The maximum atomic E-state index is 12.2. The number of aliphatic hydroxyl groups excluding tert-OH is 1. The van der Waals surface area contributed by atoms with E-state index in [9.17, 15) is 4.39 Å². The highest BCUT2D eigenvalue weighted by molar-refractivity contribution is 6.30. The van der Waals surface area contributed by atoms with E-state index in [1.165, 1.54) is 0 Å². The van der Waals surface area contributed by atoms with Gasteiger partial charge in [0.1, 0.15) is 5.75 Å². The normalized spacial score (nSPS) is 12.5. The smallest absolute Gasteiger partial charge is 0.124 e. The number of aliphatic hydroxyl groups is 1. The number of rotatable bonds is 5. The van der Waals surface area contributed by atoms with Gasteiger partial charge in [-0.25, -0.2) is 0 Å². The van der Waals surface area contributed by atoms with Gasteiger partial charge >= 0.3 is 0 Å². The van der Waals surface area contributed by atoms with Gasteiger partial charge in [-0.15, -0.1) is 0 Å². The maximum Gasteiger partial charge on any atom is 0.124 e. The van der Waals surface area contributed by atoms with E-state index in [2.05, 4.69) is 0 Å². The first kappa shape index (κ1) is 12.3. The van der Waals surface area contributed by atoms with Gasteiger partial charge in [-0.2, -0.15) is 0 Å². The molecule has 0 amide bonds. The first-order chi connectivity index (χ1) is 7.17. The molecule has 1 rings (SSSR count). The molecular weight excluding hydrogens is 219 g/mol. The van der Waals surface area contributed by atoms with Gasteiger partial charge in [0.05, 0.1) is 19.9 Å². The van der Waals surface area contributed by atoms with Crippen LogP contribution in [0.4, 0.5) is 4.39 Å². The quantitative estimate of drug-likeness (QED) is 0.846. The van der Waals surface area contributed by atoms with Crippen molar-refractivity contribution in [1.82, 2.24) is 0 Å². The number of alkyl halides is 1. The van der Waals surface area contributed by atoms with Crippen molar-refractivity contribution in [3.05, 3.63) is 28.8 Å². The molecule has 0 spiro atoms. The summed E-state index contributed by atoms with van der Waals surface area (Å²) in [6, 6.07) is 4.99. The zero-order valence-corrected chi connectivity index (χ0v) is 9.30. The van der Waals surface area contributed by atoms with Gasteiger partial charge in [-0.3, -0.25) is 4.39 Å². The lowest BCUT2D eigenvalue weighted by atomic mass is 10.2. The van der Waals surface area contributed by atoms with Gasteiger partial charge in [0, 0.05) is 16.5 Å². The number of hydrogen-bond acceptors (Lipinski definition) is 2. The summed E-state index contributed by atoms with van der Waals surface area (Å²) in [5.41, 5.74) is 0.619. The Morgan fingerprint density at radius 1 is 1.53 bits per heavy atom. The second kappa shape index (κ2) is 5.93. The summed E-state index contributed by atoms with van der Waals surface area (Å²) >= 11 is 5.76. The van der Waals surface area contributed by atoms with Crippen LogP contribution in [0.3, 0.4) is 0 Å². The van der Waals surface area contributed by atoms with Crippen molar-refractivity contribution in [3.63, 3.8) is 0 Å². The number of benzene rings is 1. The van der Waals surface area contributed by atoms with Gasteiger partial charge in [0.25, 0.3) is 0 Å². The van der Waals surface area contributed by atoms with Crippen molar-refractivity contribution in [2.24, 2.45) is 5.92 Å². The number of halogens is 2. The fourth-order valence-corrected chi connectivity index (χ4v) is 1.28. The molecule has 0 fully saturated rings. The molecule has 0 radical (unpaired) electrons. The second-order valence-electron chi connectivity index (χ2n) is 3.48. The zero-order chi connectivity index (χ0) is 11.3. The summed E-state index contributed by atoms with van der Waals surface area (Å²) in [6.45, 7) is 1.50. The van der Waals surface area contributed by atoms with Gasteiger partial charge in [0.2, 0.25) is 0 Å². The predicted molar refractivity (Wildman–Crippen MR) is 58.0 cm³/mol. The molecule has 1 aromatic carbocycles. The Bertz CT molecular complexity index is 317. The van der Waals surface area contributed by atoms with Crippen LogP contribution in [0, 0.1) is 5.92 Å².